The van der Waals surface area contributed by atoms with E-state index in [9.17, 15) is 4.79 Å². The van der Waals surface area contributed by atoms with Crippen molar-refractivity contribution in [2.75, 3.05) is 6.61 Å². The Morgan fingerprint density at radius 1 is 1.60 bits per heavy atom. The second kappa shape index (κ2) is 5.85. The smallest absolute Gasteiger partial charge is 0.339 e. The Bertz CT molecular complexity index is 490. The van der Waals surface area contributed by atoms with Gasteiger partial charge in [0.25, 0.3) is 0 Å². The molecule has 0 bridgehead atoms. The van der Waals surface area contributed by atoms with Gasteiger partial charge in [-0.3, -0.25) is 0 Å². The number of carboxylic acids is 1. The van der Waals surface area contributed by atoms with Crippen molar-refractivity contribution in [3.8, 4) is 0 Å². The molecule has 1 saturated carbocycles. The third-order valence-corrected chi connectivity index (χ3v) is 4.09. The van der Waals surface area contributed by atoms with Crippen LogP contribution in [0.1, 0.15) is 43.2 Å². The van der Waals surface area contributed by atoms with Crippen LogP contribution in [0.2, 0.25) is 0 Å². The Morgan fingerprint density at radius 3 is 2.95 bits per heavy atom. The van der Waals surface area contributed by atoms with Gasteiger partial charge in [-0.25, -0.2) is 14.8 Å². The van der Waals surface area contributed by atoms with E-state index in [4.69, 9.17) is 9.84 Å². The van der Waals surface area contributed by atoms with E-state index in [0.717, 1.165) is 13.0 Å². The molecular weight excluding hydrogens is 258 g/mol. The second-order valence-electron chi connectivity index (χ2n) is 5.62. The Morgan fingerprint density at radius 2 is 2.35 bits per heavy atom. The van der Waals surface area contributed by atoms with E-state index < -0.39 is 5.97 Å². The highest BCUT2D eigenvalue weighted by Crippen LogP contribution is 2.42. The molecule has 2 atom stereocenters. The van der Waals surface area contributed by atoms with Gasteiger partial charge in [0.1, 0.15) is 11.9 Å². The Kier molecular flexibility index (Phi) is 4.35. The van der Waals surface area contributed by atoms with Crippen molar-refractivity contribution in [2.45, 2.75) is 45.9 Å². The van der Waals surface area contributed by atoms with E-state index in [0.29, 0.717) is 18.3 Å². The number of carbonyl (C=O) groups is 1. The molecule has 110 valence electrons. The molecular formula is C14H21N3O3. The van der Waals surface area contributed by atoms with E-state index in [-0.39, 0.29) is 17.1 Å². The van der Waals surface area contributed by atoms with Gasteiger partial charge >= 0.3 is 5.97 Å². The molecule has 2 rings (SSSR count). The molecule has 6 heteroatoms. The summed E-state index contributed by atoms with van der Waals surface area (Å²) in [5.41, 5.74) is 0.716. The minimum absolute atomic E-state index is 0.0480. The van der Waals surface area contributed by atoms with Crippen molar-refractivity contribution < 1.29 is 14.6 Å². The average Bonchev–Trinajstić information content (AvgIpc) is 2.42. The largest absolute Gasteiger partial charge is 0.478 e. The van der Waals surface area contributed by atoms with Gasteiger partial charge in [0.05, 0.1) is 11.8 Å². The van der Waals surface area contributed by atoms with Crippen LogP contribution in [0, 0.1) is 5.41 Å². The van der Waals surface area contributed by atoms with Crippen LogP contribution >= 0.6 is 0 Å². The molecule has 0 radical (unpaired) electrons. The van der Waals surface area contributed by atoms with Crippen molar-refractivity contribution in [2.24, 2.45) is 5.41 Å². The van der Waals surface area contributed by atoms with Gasteiger partial charge in [0.2, 0.25) is 0 Å². The number of hydrogen-bond acceptors (Lipinski definition) is 5. The van der Waals surface area contributed by atoms with Crippen molar-refractivity contribution >= 4 is 5.97 Å². The van der Waals surface area contributed by atoms with Crippen molar-refractivity contribution in [3.05, 3.63) is 23.8 Å². The van der Waals surface area contributed by atoms with Crippen LogP contribution in [-0.4, -0.2) is 39.8 Å². The molecule has 0 amide bonds. The van der Waals surface area contributed by atoms with Crippen LogP contribution in [0.5, 0.6) is 0 Å². The molecule has 20 heavy (non-hydrogen) atoms. The lowest BCUT2D eigenvalue weighted by Gasteiger charge is -2.51. The number of nitrogens with one attached hydrogen (secondary N) is 1. The van der Waals surface area contributed by atoms with Crippen LogP contribution in [0.4, 0.5) is 0 Å². The highest BCUT2D eigenvalue weighted by atomic mass is 16.5. The fourth-order valence-corrected chi connectivity index (χ4v) is 2.61. The van der Waals surface area contributed by atoms with Gasteiger partial charge in [0, 0.05) is 30.8 Å². The van der Waals surface area contributed by atoms with Crippen molar-refractivity contribution in [1.82, 2.24) is 15.3 Å². The van der Waals surface area contributed by atoms with E-state index in [2.05, 4.69) is 29.1 Å². The highest BCUT2D eigenvalue weighted by Gasteiger charge is 2.48. The minimum Gasteiger partial charge on any atom is -0.478 e. The molecule has 1 fully saturated rings. The predicted molar refractivity (Wildman–Crippen MR) is 73.4 cm³/mol. The van der Waals surface area contributed by atoms with Crippen molar-refractivity contribution in [1.29, 1.82) is 0 Å². The molecule has 1 heterocycles. The first-order chi connectivity index (χ1) is 9.46. The molecule has 1 aromatic rings. The first-order valence-corrected chi connectivity index (χ1v) is 6.84. The summed E-state index contributed by atoms with van der Waals surface area (Å²) in [6, 6.07) is 0.302. The lowest BCUT2D eigenvalue weighted by atomic mass is 9.64. The summed E-state index contributed by atoms with van der Waals surface area (Å²) in [6.45, 7) is 7.46. The van der Waals surface area contributed by atoms with E-state index >= 15 is 0 Å². The lowest BCUT2D eigenvalue weighted by molar-refractivity contribution is -0.114. The standard InChI is InChI=1S/C14H21N3O3/c1-4-20-12-5-11(14(12,2)3)16-7-10-9(13(18)19)6-15-8-17-10/h6,8,11-12,16H,4-5,7H2,1-3H3,(H,18,19). The molecule has 1 aliphatic rings. The molecule has 0 aromatic carbocycles. The minimum atomic E-state index is -0.998. The number of aromatic carboxylic acids is 1. The first-order valence-electron chi connectivity index (χ1n) is 6.84. The van der Waals surface area contributed by atoms with Gasteiger partial charge in [-0.2, -0.15) is 0 Å². The van der Waals surface area contributed by atoms with Gasteiger partial charge < -0.3 is 15.2 Å². The third-order valence-electron chi connectivity index (χ3n) is 4.09. The Balaban J connectivity index is 1.96. The van der Waals surface area contributed by atoms with Crippen molar-refractivity contribution in [3.63, 3.8) is 0 Å². The van der Waals surface area contributed by atoms with Crippen LogP contribution in [0.3, 0.4) is 0 Å². The van der Waals surface area contributed by atoms with Gasteiger partial charge in [0.15, 0.2) is 0 Å². The van der Waals surface area contributed by atoms with Gasteiger partial charge in [-0.1, -0.05) is 13.8 Å². The number of nitrogens with zero attached hydrogens (tertiary/aromatic N) is 2. The van der Waals surface area contributed by atoms with E-state index in [1.807, 2.05) is 6.92 Å². The summed E-state index contributed by atoms with van der Waals surface area (Å²) in [7, 11) is 0. The summed E-state index contributed by atoms with van der Waals surface area (Å²) in [4.78, 5) is 18.9. The molecule has 2 N–H and O–H groups in total. The van der Waals surface area contributed by atoms with Crippen LogP contribution in [-0.2, 0) is 11.3 Å². The third kappa shape index (κ3) is 2.81. The maximum Gasteiger partial charge on any atom is 0.339 e. The fourth-order valence-electron chi connectivity index (χ4n) is 2.61. The number of hydrogen-bond donors (Lipinski definition) is 2. The topological polar surface area (TPSA) is 84.3 Å². The number of rotatable bonds is 6. The summed E-state index contributed by atoms with van der Waals surface area (Å²) in [5.74, 6) is -0.998. The zero-order chi connectivity index (χ0) is 14.8. The predicted octanol–water partition coefficient (Wildman–Crippen LogP) is 1.47. The SMILES string of the molecule is CCOC1CC(NCc2ncncc2C(=O)O)C1(C)C. The summed E-state index contributed by atoms with van der Waals surface area (Å²) >= 11 is 0. The van der Waals surface area contributed by atoms with Gasteiger partial charge in [-0.05, 0) is 13.3 Å². The maximum atomic E-state index is 11.1. The zero-order valence-electron chi connectivity index (χ0n) is 12.1. The molecule has 2 unspecified atom stereocenters. The van der Waals surface area contributed by atoms with Crippen LogP contribution < -0.4 is 5.32 Å². The monoisotopic (exact) mass is 279 g/mol. The molecule has 6 nitrogen and oxygen atoms in total. The average molecular weight is 279 g/mol. The molecule has 1 aliphatic carbocycles. The number of carboxylic acid groups (broad SMARTS) is 1. The van der Waals surface area contributed by atoms with Gasteiger partial charge in [-0.15, -0.1) is 0 Å². The first kappa shape index (κ1) is 14.9. The fraction of sp³-hybridized carbons (Fsp3) is 0.643. The molecule has 0 spiro atoms. The van der Waals surface area contributed by atoms with E-state index in [1.165, 1.54) is 12.5 Å². The molecule has 1 aromatic heterocycles. The Labute approximate surface area is 118 Å². The quantitative estimate of drug-likeness (QED) is 0.820. The van der Waals surface area contributed by atoms with E-state index in [1.54, 1.807) is 0 Å². The maximum absolute atomic E-state index is 11.1. The summed E-state index contributed by atoms with van der Waals surface area (Å²) < 4.78 is 5.68. The number of aromatic nitrogens is 2. The zero-order valence-corrected chi connectivity index (χ0v) is 12.1. The normalized spacial score (nSPS) is 24.1. The lowest BCUT2D eigenvalue weighted by Crippen LogP contribution is -2.60. The summed E-state index contributed by atoms with van der Waals surface area (Å²) in [5, 5.41) is 12.5. The second-order valence-corrected chi connectivity index (χ2v) is 5.62. The Hall–Kier alpha value is -1.53. The summed E-state index contributed by atoms with van der Waals surface area (Å²) in [6.07, 6.45) is 3.91. The highest BCUT2D eigenvalue weighted by molar-refractivity contribution is 5.88. The molecule has 0 saturated heterocycles. The van der Waals surface area contributed by atoms with Crippen LogP contribution in [0.25, 0.3) is 0 Å². The molecule has 0 aliphatic heterocycles. The number of ether oxygens (including phenoxy) is 1. The van der Waals surface area contributed by atoms with Crippen LogP contribution in [0.15, 0.2) is 12.5 Å².